The molecule has 0 aromatic rings. The van der Waals surface area contributed by atoms with Crippen LogP contribution in [0.1, 0.15) is 33.6 Å². The van der Waals surface area contributed by atoms with Gasteiger partial charge in [-0.3, -0.25) is 9.69 Å². The van der Waals surface area contributed by atoms with Gasteiger partial charge in [-0.05, 0) is 27.2 Å². The number of carbonyl (C=O) groups excluding carboxylic acids is 1. The highest BCUT2D eigenvalue weighted by atomic mass is 16.5. The number of esters is 1. The topological polar surface area (TPSA) is 70.0 Å². The number of hydrogen-bond acceptors (Lipinski definition) is 5. The largest absolute Gasteiger partial charge is 0.469 e. The summed E-state index contributed by atoms with van der Waals surface area (Å²) in [6.07, 6.45) is 0.114. The van der Waals surface area contributed by atoms with Crippen molar-refractivity contribution in [3.05, 3.63) is 0 Å². The third-order valence-corrected chi connectivity index (χ3v) is 2.61. The molecule has 0 rings (SSSR count). The molecule has 3 unspecified atom stereocenters. The molecule has 0 fully saturated rings. The zero-order chi connectivity index (χ0) is 13.4. The van der Waals surface area contributed by atoms with E-state index in [9.17, 15) is 15.0 Å². The monoisotopic (exact) mass is 247 g/mol. The summed E-state index contributed by atoms with van der Waals surface area (Å²) in [5, 5.41) is 18.8. The van der Waals surface area contributed by atoms with E-state index < -0.39 is 12.2 Å². The van der Waals surface area contributed by atoms with Crippen LogP contribution in [0, 0.1) is 0 Å². The van der Waals surface area contributed by atoms with E-state index in [2.05, 4.69) is 4.74 Å². The van der Waals surface area contributed by atoms with Crippen molar-refractivity contribution >= 4 is 5.97 Å². The molecular formula is C12H25NO4. The van der Waals surface area contributed by atoms with Gasteiger partial charge in [-0.2, -0.15) is 0 Å². The zero-order valence-electron chi connectivity index (χ0n) is 11.2. The zero-order valence-corrected chi connectivity index (χ0v) is 11.2. The van der Waals surface area contributed by atoms with Gasteiger partial charge in [0.2, 0.25) is 0 Å². The van der Waals surface area contributed by atoms with Gasteiger partial charge in [0.25, 0.3) is 0 Å². The predicted octanol–water partition coefficient (Wildman–Crippen LogP) is 0.392. The van der Waals surface area contributed by atoms with Crippen molar-refractivity contribution in [2.75, 3.05) is 20.2 Å². The number of rotatable bonds is 8. The van der Waals surface area contributed by atoms with Crippen molar-refractivity contribution in [2.45, 2.75) is 51.9 Å². The molecule has 17 heavy (non-hydrogen) atoms. The SMILES string of the molecule is COC(=O)CCC(C)N(CC(C)O)CC(C)O. The lowest BCUT2D eigenvalue weighted by Crippen LogP contribution is -2.42. The lowest BCUT2D eigenvalue weighted by atomic mass is 10.1. The normalized spacial score (nSPS) is 16.6. The van der Waals surface area contributed by atoms with Crippen LogP contribution in [0.15, 0.2) is 0 Å². The average molecular weight is 247 g/mol. The molecule has 0 aromatic heterocycles. The van der Waals surface area contributed by atoms with Crippen molar-refractivity contribution in [1.29, 1.82) is 0 Å². The Kier molecular flexibility index (Phi) is 8.12. The second-order valence-corrected chi connectivity index (χ2v) is 4.62. The van der Waals surface area contributed by atoms with Gasteiger partial charge in [-0.1, -0.05) is 0 Å². The molecular weight excluding hydrogens is 222 g/mol. The molecule has 0 aliphatic rings. The van der Waals surface area contributed by atoms with Crippen LogP contribution in [-0.2, 0) is 9.53 Å². The highest BCUT2D eigenvalue weighted by molar-refractivity contribution is 5.69. The van der Waals surface area contributed by atoms with Crippen molar-refractivity contribution in [3.63, 3.8) is 0 Å². The van der Waals surface area contributed by atoms with Gasteiger partial charge in [-0.15, -0.1) is 0 Å². The number of ether oxygens (including phenoxy) is 1. The minimum Gasteiger partial charge on any atom is -0.469 e. The minimum atomic E-state index is -0.450. The summed E-state index contributed by atoms with van der Waals surface area (Å²) in [5.74, 6) is -0.231. The quantitative estimate of drug-likeness (QED) is 0.607. The van der Waals surface area contributed by atoms with Crippen LogP contribution >= 0.6 is 0 Å². The maximum atomic E-state index is 11.0. The van der Waals surface area contributed by atoms with Crippen molar-refractivity contribution in [2.24, 2.45) is 0 Å². The van der Waals surface area contributed by atoms with Crippen LogP contribution in [0.4, 0.5) is 0 Å². The molecule has 2 N–H and O–H groups in total. The molecule has 5 heteroatoms. The molecule has 0 bridgehead atoms. The maximum Gasteiger partial charge on any atom is 0.305 e. The highest BCUT2D eigenvalue weighted by Crippen LogP contribution is 2.09. The molecule has 0 radical (unpaired) electrons. The van der Waals surface area contributed by atoms with Gasteiger partial charge >= 0.3 is 5.97 Å². The Balaban J connectivity index is 4.20. The van der Waals surface area contributed by atoms with E-state index in [0.717, 1.165) is 0 Å². The first-order valence-electron chi connectivity index (χ1n) is 6.03. The van der Waals surface area contributed by atoms with Crippen LogP contribution in [0.25, 0.3) is 0 Å². The first kappa shape index (κ1) is 16.4. The molecule has 5 nitrogen and oxygen atoms in total. The lowest BCUT2D eigenvalue weighted by molar-refractivity contribution is -0.141. The summed E-state index contributed by atoms with van der Waals surface area (Å²) in [6.45, 7) is 6.39. The van der Waals surface area contributed by atoms with Gasteiger partial charge in [0.1, 0.15) is 0 Å². The van der Waals surface area contributed by atoms with E-state index in [-0.39, 0.29) is 12.0 Å². The Morgan fingerprint density at radius 3 is 2.00 bits per heavy atom. The lowest BCUT2D eigenvalue weighted by Gasteiger charge is -2.31. The van der Waals surface area contributed by atoms with Crippen LogP contribution < -0.4 is 0 Å². The fourth-order valence-electron chi connectivity index (χ4n) is 1.72. The van der Waals surface area contributed by atoms with Gasteiger partial charge in [0.05, 0.1) is 19.3 Å². The first-order chi connectivity index (χ1) is 7.86. The minimum absolute atomic E-state index is 0.123. The van der Waals surface area contributed by atoms with Gasteiger partial charge < -0.3 is 14.9 Å². The number of carbonyl (C=O) groups is 1. The second-order valence-electron chi connectivity index (χ2n) is 4.62. The second kappa shape index (κ2) is 8.44. The van der Waals surface area contributed by atoms with E-state index in [1.165, 1.54) is 7.11 Å². The molecule has 0 aromatic carbocycles. The number of nitrogens with zero attached hydrogens (tertiary/aromatic N) is 1. The Labute approximate surface area is 103 Å². The van der Waals surface area contributed by atoms with Gasteiger partial charge in [-0.25, -0.2) is 0 Å². The predicted molar refractivity (Wildman–Crippen MR) is 65.6 cm³/mol. The standard InChI is InChI=1S/C12H25NO4/c1-9(5-6-12(16)17-4)13(7-10(2)14)8-11(3)15/h9-11,14-15H,5-8H2,1-4H3. The van der Waals surface area contributed by atoms with E-state index in [4.69, 9.17) is 0 Å². The third-order valence-electron chi connectivity index (χ3n) is 2.61. The molecule has 3 atom stereocenters. The molecule has 0 amide bonds. The Morgan fingerprint density at radius 2 is 1.65 bits per heavy atom. The average Bonchev–Trinajstić information content (AvgIpc) is 2.23. The smallest absolute Gasteiger partial charge is 0.305 e. The molecule has 0 spiro atoms. The summed E-state index contributed by atoms with van der Waals surface area (Å²) in [6, 6.07) is 0.123. The summed E-state index contributed by atoms with van der Waals surface area (Å²) in [4.78, 5) is 13.0. The maximum absolute atomic E-state index is 11.0. The Morgan fingerprint density at radius 1 is 1.18 bits per heavy atom. The van der Waals surface area contributed by atoms with E-state index in [1.54, 1.807) is 13.8 Å². The molecule has 0 saturated heterocycles. The van der Waals surface area contributed by atoms with E-state index in [1.807, 2.05) is 11.8 Å². The summed E-state index contributed by atoms with van der Waals surface area (Å²) in [5.41, 5.74) is 0. The number of hydrogen-bond donors (Lipinski definition) is 2. The van der Waals surface area contributed by atoms with Gasteiger partial charge in [0, 0.05) is 25.6 Å². The van der Waals surface area contributed by atoms with Gasteiger partial charge in [0.15, 0.2) is 0 Å². The van der Waals surface area contributed by atoms with Crippen LogP contribution in [0.3, 0.4) is 0 Å². The van der Waals surface area contributed by atoms with Crippen LogP contribution in [0.2, 0.25) is 0 Å². The highest BCUT2D eigenvalue weighted by Gasteiger charge is 2.18. The van der Waals surface area contributed by atoms with E-state index >= 15 is 0 Å². The molecule has 0 aliphatic carbocycles. The van der Waals surface area contributed by atoms with Crippen molar-refractivity contribution in [3.8, 4) is 0 Å². The fourth-order valence-corrected chi connectivity index (χ4v) is 1.72. The van der Waals surface area contributed by atoms with E-state index in [0.29, 0.717) is 25.9 Å². The first-order valence-corrected chi connectivity index (χ1v) is 6.03. The Bertz CT molecular complexity index is 209. The molecule has 0 saturated carbocycles. The summed E-state index contributed by atoms with van der Waals surface area (Å²) < 4.78 is 4.59. The molecule has 102 valence electrons. The number of methoxy groups -OCH3 is 1. The van der Waals surface area contributed by atoms with Crippen molar-refractivity contribution < 1.29 is 19.7 Å². The molecule has 0 heterocycles. The summed E-state index contributed by atoms with van der Waals surface area (Å²) >= 11 is 0. The third kappa shape index (κ3) is 8.12. The van der Waals surface area contributed by atoms with Crippen LogP contribution in [0.5, 0.6) is 0 Å². The fraction of sp³-hybridized carbons (Fsp3) is 0.917. The summed E-state index contributed by atoms with van der Waals surface area (Å²) in [7, 11) is 1.37. The van der Waals surface area contributed by atoms with Crippen molar-refractivity contribution in [1.82, 2.24) is 4.90 Å². The van der Waals surface area contributed by atoms with Crippen LogP contribution in [-0.4, -0.2) is 59.5 Å². The Hall–Kier alpha value is -0.650. The molecule has 0 aliphatic heterocycles. The number of aliphatic hydroxyl groups is 2. The number of aliphatic hydroxyl groups excluding tert-OH is 2.